The van der Waals surface area contributed by atoms with Gasteiger partial charge in [0.2, 0.25) is 0 Å². The van der Waals surface area contributed by atoms with Crippen LogP contribution in [0.2, 0.25) is 0 Å². The van der Waals surface area contributed by atoms with Crippen molar-refractivity contribution < 1.29 is 19.4 Å². The number of aliphatic hydroxyl groups is 1. The number of halogens is 1. The van der Waals surface area contributed by atoms with E-state index in [0.29, 0.717) is 18.9 Å². The third-order valence-corrected chi connectivity index (χ3v) is 2.99. The summed E-state index contributed by atoms with van der Waals surface area (Å²) in [6.45, 7) is 1.04. The monoisotopic (exact) mass is 331 g/mol. The molecule has 1 amide bonds. The van der Waals surface area contributed by atoms with Gasteiger partial charge in [-0.25, -0.2) is 0 Å². The highest BCUT2D eigenvalue weighted by Gasteiger charge is 2.13. The van der Waals surface area contributed by atoms with Crippen LogP contribution < -0.4 is 4.74 Å². The minimum Gasteiger partial charge on any atom is -0.484 e. The van der Waals surface area contributed by atoms with Crippen LogP contribution in [0, 0.1) is 0 Å². The molecule has 0 atom stereocenters. The zero-order valence-corrected chi connectivity index (χ0v) is 12.4. The Kier molecular flexibility index (Phi) is 7.47. The molecule has 0 aliphatic heterocycles. The fraction of sp³-hybridized carbons (Fsp3) is 0.462. The molecule has 106 valence electrons. The SMILES string of the molecule is COCCN(CCO)C(=O)COc1ccc(Br)cc1. The van der Waals surface area contributed by atoms with Crippen molar-refractivity contribution in [1.29, 1.82) is 0 Å². The molecule has 1 rings (SSSR count). The summed E-state index contributed by atoms with van der Waals surface area (Å²) >= 11 is 3.33. The molecule has 0 aliphatic carbocycles. The number of ether oxygens (including phenoxy) is 2. The van der Waals surface area contributed by atoms with Gasteiger partial charge in [-0.15, -0.1) is 0 Å². The summed E-state index contributed by atoms with van der Waals surface area (Å²) in [5.41, 5.74) is 0. The predicted octanol–water partition coefficient (Wildman–Crippen LogP) is 1.30. The molecule has 19 heavy (non-hydrogen) atoms. The zero-order valence-electron chi connectivity index (χ0n) is 10.8. The van der Waals surface area contributed by atoms with Crippen LogP contribution in [0.4, 0.5) is 0 Å². The molecule has 1 aromatic carbocycles. The zero-order chi connectivity index (χ0) is 14.1. The Morgan fingerprint density at radius 3 is 2.58 bits per heavy atom. The van der Waals surface area contributed by atoms with Crippen LogP contribution in [0.25, 0.3) is 0 Å². The number of nitrogens with zero attached hydrogens (tertiary/aromatic N) is 1. The summed E-state index contributed by atoms with van der Waals surface area (Å²) in [6, 6.07) is 7.25. The van der Waals surface area contributed by atoms with Crippen molar-refractivity contribution in [1.82, 2.24) is 4.90 Å². The van der Waals surface area contributed by atoms with Crippen molar-refractivity contribution in [3.63, 3.8) is 0 Å². The molecule has 0 unspecified atom stereocenters. The van der Waals surface area contributed by atoms with Gasteiger partial charge in [-0.1, -0.05) is 15.9 Å². The van der Waals surface area contributed by atoms with Crippen molar-refractivity contribution in [2.24, 2.45) is 0 Å². The van der Waals surface area contributed by atoms with E-state index in [4.69, 9.17) is 14.6 Å². The summed E-state index contributed by atoms with van der Waals surface area (Å²) in [5, 5.41) is 8.92. The fourth-order valence-electron chi connectivity index (χ4n) is 1.45. The van der Waals surface area contributed by atoms with E-state index in [1.165, 1.54) is 4.90 Å². The quantitative estimate of drug-likeness (QED) is 0.780. The maximum atomic E-state index is 11.9. The smallest absolute Gasteiger partial charge is 0.260 e. The topological polar surface area (TPSA) is 59.0 Å². The Labute approximate surface area is 121 Å². The third kappa shape index (κ3) is 6.04. The lowest BCUT2D eigenvalue weighted by Gasteiger charge is -2.21. The Bertz CT molecular complexity index is 383. The molecule has 0 fully saturated rings. The summed E-state index contributed by atoms with van der Waals surface area (Å²) in [5.74, 6) is 0.459. The largest absolute Gasteiger partial charge is 0.484 e. The van der Waals surface area contributed by atoms with Crippen LogP contribution in [0.3, 0.4) is 0 Å². The Balaban J connectivity index is 2.44. The van der Waals surface area contributed by atoms with Gasteiger partial charge in [0.15, 0.2) is 6.61 Å². The number of hydrogen-bond donors (Lipinski definition) is 1. The molecule has 0 saturated heterocycles. The van der Waals surface area contributed by atoms with Gasteiger partial charge in [-0.05, 0) is 24.3 Å². The van der Waals surface area contributed by atoms with E-state index >= 15 is 0 Å². The number of methoxy groups -OCH3 is 1. The number of rotatable bonds is 8. The summed E-state index contributed by atoms with van der Waals surface area (Å²) < 4.78 is 11.3. The molecule has 0 spiro atoms. The number of carbonyl (C=O) groups excluding carboxylic acids is 1. The van der Waals surface area contributed by atoms with Crippen molar-refractivity contribution in [3.05, 3.63) is 28.7 Å². The lowest BCUT2D eigenvalue weighted by atomic mass is 10.3. The second kappa shape index (κ2) is 8.90. The van der Waals surface area contributed by atoms with Gasteiger partial charge in [0.25, 0.3) is 5.91 Å². The van der Waals surface area contributed by atoms with Gasteiger partial charge in [-0.3, -0.25) is 4.79 Å². The summed E-state index contributed by atoms with van der Waals surface area (Å²) in [6.07, 6.45) is 0. The minimum absolute atomic E-state index is 0.0503. The van der Waals surface area contributed by atoms with Crippen molar-refractivity contribution in [2.45, 2.75) is 0 Å². The number of carbonyl (C=O) groups is 1. The van der Waals surface area contributed by atoms with E-state index in [1.807, 2.05) is 12.1 Å². The van der Waals surface area contributed by atoms with E-state index in [0.717, 1.165) is 4.47 Å². The minimum atomic E-state index is -0.172. The van der Waals surface area contributed by atoms with Gasteiger partial charge in [-0.2, -0.15) is 0 Å². The number of benzene rings is 1. The molecule has 1 aromatic rings. The fourth-order valence-corrected chi connectivity index (χ4v) is 1.71. The summed E-state index contributed by atoms with van der Waals surface area (Å²) in [7, 11) is 1.57. The number of amides is 1. The van der Waals surface area contributed by atoms with E-state index in [-0.39, 0.29) is 25.7 Å². The van der Waals surface area contributed by atoms with Crippen LogP contribution in [-0.2, 0) is 9.53 Å². The predicted molar refractivity (Wildman–Crippen MR) is 75.2 cm³/mol. The molecular formula is C13H18BrNO4. The van der Waals surface area contributed by atoms with Gasteiger partial charge < -0.3 is 19.5 Å². The van der Waals surface area contributed by atoms with E-state index in [2.05, 4.69) is 15.9 Å². The van der Waals surface area contributed by atoms with Gasteiger partial charge >= 0.3 is 0 Å². The number of hydrogen-bond acceptors (Lipinski definition) is 4. The Hall–Kier alpha value is -1.11. The maximum absolute atomic E-state index is 11.9. The summed E-state index contributed by atoms with van der Waals surface area (Å²) in [4.78, 5) is 13.4. The van der Waals surface area contributed by atoms with E-state index in [1.54, 1.807) is 19.2 Å². The average Bonchev–Trinajstić information content (AvgIpc) is 2.42. The van der Waals surface area contributed by atoms with Gasteiger partial charge in [0.05, 0.1) is 13.2 Å². The van der Waals surface area contributed by atoms with Crippen molar-refractivity contribution in [2.75, 3.05) is 40.0 Å². The van der Waals surface area contributed by atoms with Crippen LogP contribution in [0.1, 0.15) is 0 Å². The van der Waals surface area contributed by atoms with Crippen LogP contribution in [-0.4, -0.2) is 55.9 Å². The maximum Gasteiger partial charge on any atom is 0.260 e. The first-order valence-electron chi connectivity index (χ1n) is 5.93. The Morgan fingerprint density at radius 1 is 1.32 bits per heavy atom. The molecule has 5 nitrogen and oxygen atoms in total. The molecule has 0 radical (unpaired) electrons. The highest BCUT2D eigenvalue weighted by molar-refractivity contribution is 9.10. The molecule has 0 aromatic heterocycles. The molecule has 0 heterocycles. The van der Waals surface area contributed by atoms with Crippen LogP contribution in [0.15, 0.2) is 28.7 Å². The second-order valence-electron chi connectivity index (χ2n) is 3.84. The normalized spacial score (nSPS) is 10.3. The average molecular weight is 332 g/mol. The number of aliphatic hydroxyl groups excluding tert-OH is 1. The van der Waals surface area contributed by atoms with Crippen molar-refractivity contribution in [3.8, 4) is 5.75 Å². The lowest BCUT2D eigenvalue weighted by molar-refractivity contribution is -0.134. The van der Waals surface area contributed by atoms with Crippen LogP contribution >= 0.6 is 15.9 Å². The lowest BCUT2D eigenvalue weighted by Crippen LogP contribution is -2.39. The molecular weight excluding hydrogens is 314 g/mol. The molecule has 1 N–H and O–H groups in total. The highest BCUT2D eigenvalue weighted by atomic mass is 79.9. The molecule has 0 saturated carbocycles. The first kappa shape index (κ1) is 15.9. The second-order valence-corrected chi connectivity index (χ2v) is 4.76. The first-order chi connectivity index (χ1) is 9.17. The molecule has 0 bridgehead atoms. The highest BCUT2D eigenvalue weighted by Crippen LogP contribution is 2.16. The first-order valence-corrected chi connectivity index (χ1v) is 6.72. The van der Waals surface area contributed by atoms with Gasteiger partial charge in [0.1, 0.15) is 5.75 Å². The van der Waals surface area contributed by atoms with Crippen LogP contribution in [0.5, 0.6) is 5.75 Å². The molecule has 0 aliphatic rings. The standard InChI is InChI=1S/C13H18BrNO4/c1-18-9-7-15(6-8-16)13(17)10-19-12-4-2-11(14)3-5-12/h2-5,16H,6-10H2,1H3. The Morgan fingerprint density at radius 2 is 2.00 bits per heavy atom. The van der Waals surface area contributed by atoms with E-state index < -0.39 is 0 Å². The third-order valence-electron chi connectivity index (χ3n) is 2.46. The molecule has 6 heteroatoms. The van der Waals surface area contributed by atoms with Gasteiger partial charge in [0, 0.05) is 24.7 Å². The van der Waals surface area contributed by atoms with E-state index in [9.17, 15) is 4.79 Å². The van der Waals surface area contributed by atoms with Crippen molar-refractivity contribution >= 4 is 21.8 Å².